The van der Waals surface area contributed by atoms with Crippen molar-refractivity contribution in [2.75, 3.05) is 26.4 Å². The van der Waals surface area contributed by atoms with E-state index in [1.54, 1.807) is 12.1 Å². The van der Waals surface area contributed by atoms with Crippen molar-refractivity contribution in [3.63, 3.8) is 0 Å². The summed E-state index contributed by atoms with van der Waals surface area (Å²) >= 11 is 0. The molecule has 1 rings (SSSR count). The summed E-state index contributed by atoms with van der Waals surface area (Å²) < 4.78 is 21.1. The molecule has 7 heteroatoms. The zero-order chi connectivity index (χ0) is 19.2. The highest BCUT2D eigenvalue weighted by atomic mass is 16.6. The maximum atomic E-state index is 11.4. The minimum absolute atomic E-state index is 0.0985. The average molecular weight is 364 g/mol. The molecule has 0 aliphatic heterocycles. The number of unbranched alkanes of at least 4 members (excludes halogenated alkanes) is 1. The summed E-state index contributed by atoms with van der Waals surface area (Å²) in [5.74, 6) is -0.349. The summed E-state index contributed by atoms with van der Waals surface area (Å²) in [5.41, 5.74) is 0. The van der Waals surface area contributed by atoms with Crippen molar-refractivity contribution in [3.05, 3.63) is 49.6 Å². The van der Waals surface area contributed by atoms with E-state index in [1.165, 1.54) is 12.1 Å². The number of esters is 2. The molecule has 0 bridgehead atoms. The average Bonchev–Trinajstić information content (AvgIpc) is 2.65. The smallest absolute Gasteiger partial charge is 0.330 e. The van der Waals surface area contributed by atoms with Crippen LogP contribution in [-0.2, 0) is 23.8 Å². The standard InChI is InChI=1S/C19H24O7/c1-3-18(21)24-12-6-5-11-23-13-17(26-19(22)4-2)14-25-16-9-7-15(20)8-10-16/h3-4,7-10,17,20H,1-2,5-6,11-14H2. The molecule has 7 nitrogen and oxygen atoms in total. The molecule has 0 fully saturated rings. The first kappa shape index (κ1) is 21.2. The van der Waals surface area contributed by atoms with Gasteiger partial charge < -0.3 is 24.1 Å². The van der Waals surface area contributed by atoms with E-state index in [1.807, 2.05) is 0 Å². The maximum absolute atomic E-state index is 11.4. The lowest BCUT2D eigenvalue weighted by Gasteiger charge is -2.18. The Morgan fingerprint density at radius 2 is 1.65 bits per heavy atom. The Morgan fingerprint density at radius 1 is 1.00 bits per heavy atom. The van der Waals surface area contributed by atoms with Crippen molar-refractivity contribution in [1.29, 1.82) is 0 Å². The van der Waals surface area contributed by atoms with E-state index in [0.29, 0.717) is 31.8 Å². The molecule has 0 saturated carbocycles. The van der Waals surface area contributed by atoms with Crippen LogP contribution in [0.3, 0.4) is 0 Å². The normalized spacial score (nSPS) is 11.2. The predicted molar refractivity (Wildman–Crippen MR) is 94.9 cm³/mol. The molecule has 0 heterocycles. The maximum Gasteiger partial charge on any atom is 0.330 e. The van der Waals surface area contributed by atoms with Crippen molar-refractivity contribution in [3.8, 4) is 11.5 Å². The fourth-order valence-corrected chi connectivity index (χ4v) is 1.81. The van der Waals surface area contributed by atoms with Crippen LogP contribution in [0.4, 0.5) is 0 Å². The summed E-state index contributed by atoms with van der Waals surface area (Å²) in [7, 11) is 0. The van der Waals surface area contributed by atoms with Crippen LogP contribution in [0.2, 0.25) is 0 Å². The third-order valence-electron chi connectivity index (χ3n) is 3.12. The Morgan fingerprint density at radius 3 is 2.31 bits per heavy atom. The summed E-state index contributed by atoms with van der Waals surface area (Å²) in [6.45, 7) is 7.65. The summed E-state index contributed by atoms with van der Waals surface area (Å²) in [5, 5.41) is 9.25. The molecule has 1 atom stereocenters. The van der Waals surface area contributed by atoms with Crippen molar-refractivity contribution in [2.24, 2.45) is 0 Å². The Balaban J connectivity index is 2.30. The number of ether oxygens (including phenoxy) is 4. The minimum atomic E-state index is -0.604. The Labute approximate surface area is 152 Å². The van der Waals surface area contributed by atoms with Crippen molar-refractivity contribution < 1.29 is 33.6 Å². The van der Waals surface area contributed by atoms with E-state index in [2.05, 4.69) is 13.2 Å². The van der Waals surface area contributed by atoms with Gasteiger partial charge in [0, 0.05) is 18.8 Å². The van der Waals surface area contributed by atoms with Crippen molar-refractivity contribution in [2.45, 2.75) is 18.9 Å². The fraction of sp³-hybridized carbons (Fsp3) is 0.368. The van der Waals surface area contributed by atoms with Gasteiger partial charge in [0.25, 0.3) is 0 Å². The molecule has 1 aromatic carbocycles. The largest absolute Gasteiger partial charge is 0.508 e. The Kier molecular flexibility index (Phi) is 10.3. The molecule has 0 aromatic heterocycles. The van der Waals surface area contributed by atoms with Crippen LogP contribution in [0.5, 0.6) is 11.5 Å². The molecule has 0 radical (unpaired) electrons. The van der Waals surface area contributed by atoms with Gasteiger partial charge in [0.2, 0.25) is 0 Å². The number of hydrogen-bond donors (Lipinski definition) is 1. The van der Waals surface area contributed by atoms with Crippen LogP contribution in [-0.4, -0.2) is 49.6 Å². The number of rotatable bonds is 13. The van der Waals surface area contributed by atoms with Gasteiger partial charge in [-0.1, -0.05) is 13.2 Å². The molecule has 26 heavy (non-hydrogen) atoms. The summed E-state index contributed by atoms with van der Waals surface area (Å²) in [6.07, 6.45) is 2.92. The second-order valence-corrected chi connectivity index (χ2v) is 5.22. The highest BCUT2D eigenvalue weighted by Gasteiger charge is 2.14. The number of hydrogen-bond acceptors (Lipinski definition) is 7. The molecule has 142 valence electrons. The molecule has 0 spiro atoms. The highest BCUT2D eigenvalue weighted by Crippen LogP contribution is 2.16. The predicted octanol–water partition coefficient (Wildman–Crippen LogP) is 2.39. The SMILES string of the molecule is C=CC(=O)OCCCCOCC(COc1ccc(O)cc1)OC(=O)C=C. The van der Waals surface area contributed by atoms with Gasteiger partial charge in [0.1, 0.15) is 18.1 Å². The second-order valence-electron chi connectivity index (χ2n) is 5.22. The van der Waals surface area contributed by atoms with Gasteiger partial charge in [0.05, 0.1) is 13.2 Å². The summed E-state index contributed by atoms with van der Waals surface area (Å²) in [6, 6.07) is 6.20. The minimum Gasteiger partial charge on any atom is -0.508 e. The quantitative estimate of drug-likeness (QED) is 0.326. The van der Waals surface area contributed by atoms with Crippen LogP contribution < -0.4 is 4.74 Å². The number of benzene rings is 1. The van der Waals surface area contributed by atoms with Crippen LogP contribution in [0.25, 0.3) is 0 Å². The van der Waals surface area contributed by atoms with Gasteiger partial charge in [-0.15, -0.1) is 0 Å². The van der Waals surface area contributed by atoms with Gasteiger partial charge in [0.15, 0.2) is 6.10 Å². The van der Waals surface area contributed by atoms with Crippen LogP contribution >= 0.6 is 0 Å². The van der Waals surface area contributed by atoms with Crippen molar-refractivity contribution in [1.82, 2.24) is 0 Å². The van der Waals surface area contributed by atoms with Crippen LogP contribution in [0, 0.1) is 0 Å². The van der Waals surface area contributed by atoms with E-state index in [4.69, 9.17) is 18.9 Å². The first-order valence-electron chi connectivity index (χ1n) is 8.17. The zero-order valence-electron chi connectivity index (χ0n) is 14.6. The monoisotopic (exact) mass is 364 g/mol. The molecule has 0 aliphatic rings. The van der Waals surface area contributed by atoms with Crippen LogP contribution in [0.15, 0.2) is 49.6 Å². The lowest BCUT2D eigenvalue weighted by Crippen LogP contribution is -2.29. The van der Waals surface area contributed by atoms with E-state index < -0.39 is 18.0 Å². The third kappa shape index (κ3) is 9.48. The number of carbonyl (C=O) groups excluding carboxylic acids is 2. The summed E-state index contributed by atoms with van der Waals surface area (Å²) in [4.78, 5) is 22.3. The molecule has 1 unspecified atom stereocenters. The molecule has 0 aliphatic carbocycles. The first-order chi connectivity index (χ1) is 12.5. The third-order valence-corrected chi connectivity index (χ3v) is 3.12. The van der Waals surface area contributed by atoms with E-state index >= 15 is 0 Å². The molecular formula is C19H24O7. The molecule has 0 saturated heterocycles. The molecular weight excluding hydrogens is 340 g/mol. The van der Waals surface area contributed by atoms with E-state index in [0.717, 1.165) is 12.2 Å². The van der Waals surface area contributed by atoms with Gasteiger partial charge in [-0.3, -0.25) is 0 Å². The number of carbonyl (C=O) groups is 2. The number of aromatic hydroxyl groups is 1. The van der Waals surface area contributed by atoms with E-state index in [9.17, 15) is 14.7 Å². The van der Waals surface area contributed by atoms with Gasteiger partial charge in [-0.25, -0.2) is 9.59 Å². The van der Waals surface area contributed by atoms with Crippen LogP contribution in [0.1, 0.15) is 12.8 Å². The Bertz CT molecular complexity index is 580. The first-order valence-corrected chi connectivity index (χ1v) is 8.17. The van der Waals surface area contributed by atoms with Gasteiger partial charge in [-0.2, -0.15) is 0 Å². The Hall–Kier alpha value is -2.80. The number of phenolic OH excluding ortho intramolecular Hbond substituents is 1. The van der Waals surface area contributed by atoms with E-state index in [-0.39, 0.29) is 19.0 Å². The fourth-order valence-electron chi connectivity index (χ4n) is 1.81. The highest BCUT2D eigenvalue weighted by molar-refractivity contribution is 5.81. The van der Waals surface area contributed by atoms with Gasteiger partial charge >= 0.3 is 11.9 Å². The lowest BCUT2D eigenvalue weighted by molar-refractivity contribution is -0.148. The molecule has 0 amide bonds. The topological polar surface area (TPSA) is 91.3 Å². The molecule has 1 N–H and O–H groups in total. The lowest BCUT2D eigenvalue weighted by atomic mass is 10.3. The second kappa shape index (κ2) is 12.5. The van der Waals surface area contributed by atoms with Gasteiger partial charge in [-0.05, 0) is 37.1 Å². The van der Waals surface area contributed by atoms with Crippen molar-refractivity contribution >= 4 is 11.9 Å². The zero-order valence-corrected chi connectivity index (χ0v) is 14.6. The molecule has 1 aromatic rings. The number of phenols is 1.